The Kier molecular flexibility index (Phi) is 5.68. The molecule has 1 aromatic carbocycles. The van der Waals surface area contributed by atoms with Crippen molar-refractivity contribution in [1.29, 1.82) is 0 Å². The predicted molar refractivity (Wildman–Crippen MR) is 90.9 cm³/mol. The molecular formula is C17H26N2O3S. The molecule has 1 aliphatic rings. The maximum Gasteiger partial charge on any atom is 0.317 e. The van der Waals surface area contributed by atoms with Crippen LogP contribution < -0.4 is 5.32 Å². The minimum atomic E-state index is -3.17. The van der Waals surface area contributed by atoms with Crippen molar-refractivity contribution in [1.82, 2.24) is 10.2 Å². The van der Waals surface area contributed by atoms with E-state index in [-0.39, 0.29) is 11.8 Å². The summed E-state index contributed by atoms with van der Waals surface area (Å²) in [5.74, 6) is 1.15. The van der Waals surface area contributed by atoms with E-state index in [2.05, 4.69) is 19.2 Å². The van der Waals surface area contributed by atoms with Gasteiger partial charge in [0.15, 0.2) is 9.84 Å². The Bertz CT molecular complexity index is 630. The molecule has 0 aromatic heterocycles. The van der Waals surface area contributed by atoms with Gasteiger partial charge in [-0.1, -0.05) is 32.9 Å². The molecule has 6 heteroatoms. The number of nitrogens with zero attached hydrogens (tertiary/aromatic N) is 1. The van der Waals surface area contributed by atoms with Crippen LogP contribution in [0.15, 0.2) is 29.2 Å². The topological polar surface area (TPSA) is 66.5 Å². The average molecular weight is 338 g/mol. The highest BCUT2D eigenvalue weighted by Crippen LogP contribution is 2.21. The van der Waals surface area contributed by atoms with Gasteiger partial charge in [0.25, 0.3) is 0 Å². The Morgan fingerprint density at radius 1 is 1.17 bits per heavy atom. The summed E-state index contributed by atoms with van der Waals surface area (Å²) in [4.78, 5) is 14.5. The van der Waals surface area contributed by atoms with Crippen molar-refractivity contribution in [2.45, 2.75) is 38.6 Å². The Morgan fingerprint density at radius 2 is 1.74 bits per heavy atom. The van der Waals surface area contributed by atoms with Crippen LogP contribution in [0.4, 0.5) is 4.79 Å². The van der Waals surface area contributed by atoms with Crippen LogP contribution in [0, 0.1) is 11.8 Å². The van der Waals surface area contributed by atoms with Crippen molar-refractivity contribution in [2.75, 3.05) is 18.8 Å². The maximum absolute atomic E-state index is 12.3. The number of nitrogens with one attached hydrogen (secondary N) is 1. The average Bonchev–Trinajstić information content (AvgIpc) is 2.52. The first-order valence-electron chi connectivity index (χ1n) is 8.16. The Morgan fingerprint density at radius 3 is 2.26 bits per heavy atom. The van der Waals surface area contributed by atoms with Gasteiger partial charge in [0.2, 0.25) is 0 Å². The number of piperidine rings is 1. The van der Waals surface area contributed by atoms with Crippen LogP contribution in [0.3, 0.4) is 0 Å². The lowest BCUT2D eigenvalue weighted by Crippen LogP contribution is -2.47. The van der Waals surface area contributed by atoms with Gasteiger partial charge in [-0.05, 0) is 36.0 Å². The summed E-state index contributed by atoms with van der Waals surface area (Å²) in [5.41, 5.74) is 0.895. The molecule has 1 N–H and O–H groups in total. The van der Waals surface area contributed by atoms with E-state index in [0.29, 0.717) is 23.3 Å². The van der Waals surface area contributed by atoms with Crippen LogP contribution in [0.2, 0.25) is 0 Å². The third kappa shape index (κ3) is 4.70. The number of carbonyl (C=O) groups is 1. The van der Waals surface area contributed by atoms with Crippen LogP contribution in [0.25, 0.3) is 0 Å². The van der Waals surface area contributed by atoms with E-state index >= 15 is 0 Å². The van der Waals surface area contributed by atoms with Crippen LogP contribution in [-0.2, 0) is 16.4 Å². The second-order valence-corrected chi connectivity index (χ2v) is 8.84. The van der Waals surface area contributed by atoms with Gasteiger partial charge in [0, 0.05) is 19.6 Å². The molecule has 0 radical (unpaired) electrons. The maximum atomic E-state index is 12.3. The van der Waals surface area contributed by atoms with Crippen LogP contribution in [0.5, 0.6) is 0 Å². The number of amides is 2. The fourth-order valence-electron chi connectivity index (χ4n) is 3.10. The monoisotopic (exact) mass is 338 g/mol. The van der Waals surface area contributed by atoms with Crippen molar-refractivity contribution in [2.24, 2.45) is 11.8 Å². The first-order chi connectivity index (χ1) is 10.8. The molecule has 0 saturated carbocycles. The Hall–Kier alpha value is -1.56. The summed E-state index contributed by atoms with van der Waals surface area (Å²) >= 11 is 0. The minimum absolute atomic E-state index is 0.0475. The van der Waals surface area contributed by atoms with Gasteiger partial charge in [0.1, 0.15) is 0 Å². The fourth-order valence-corrected chi connectivity index (χ4v) is 3.98. The highest BCUT2D eigenvalue weighted by Gasteiger charge is 2.25. The van der Waals surface area contributed by atoms with Crippen molar-refractivity contribution >= 4 is 15.9 Å². The van der Waals surface area contributed by atoms with Gasteiger partial charge in [-0.15, -0.1) is 0 Å². The largest absolute Gasteiger partial charge is 0.334 e. The molecule has 23 heavy (non-hydrogen) atoms. The van der Waals surface area contributed by atoms with Gasteiger partial charge in [0.05, 0.1) is 10.6 Å². The normalized spacial score (nSPS) is 22.0. The Labute approximate surface area is 139 Å². The van der Waals surface area contributed by atoms with E-state index in [9.17, 15) is 13.2 Å². The number of carbonyl (C=O) groups excluding carboxylic acids is 1. The Balaban J connectivity index is 1.92. The second kappa shape index (κ2) is 7.34. The number of urea groups is 1. The van der Waals surface area contributed by atoms with Crippen molar-refractivity contribution in [3.05, 3.63) is 29.8 Å². The second-order valence-electron chi connectivity index (χ2n) is 6.56. The third-order valence-electron chi connectivity index (χ3n) is 4.26. The van der Waals surface area contributed by atoms with E-state index in [0.717, 1.165) is 25.1 Å². The van der Waals surface area contributed by atoms with Gasteiger partial charge in [-0.2, -0.15) is 0 Å². The molecule has 1 aliphatic heterocycles. The zero-order valence-corrected chi connectivity index (χ0v) is 14.9. The first kappa shape index (κ1) is 17.8. The van der Waals surface area contributed by atoms with E-state index in [1.165, 1.54) is 0 Å². The molecule has 1 saturated heterocycles. The first-order valence-corrected chi connectivity index (χ1v) is 9.81. The molecule has 0 aliphatic carbocycles. The standard InChI is InChI=1S/C17H26N2O3S/c1-4-23(21,22)16-7-5-15(6-8-16)10-18-17(20)19-11-13(2)9-14(3)12-19/h5-8,13-14H,4,9-12H2,1-3H3,(H,18,20)/t13-,14-/m1/s1. The van der Waals surface area contributed by atoms with Crippen LogP contribution in [0.1, 0.15) is 32.8 Å². The van der Waals surface area contributed by atoms with Crippen LogP contribution >= 0.6 is 0 Å². The molecule has 2 rings (SSSR count). The highest BCUT2D eigenvalue weighted by molar-refractivity contribution is 7.91. The zero-order valence-electron chi connectivity index (χ0n) is 14.1. The molecule has 1 fully saturated rings. The molecule has 0 unspecified atom stereocenters. The van der Waals surface area contributed by atoms with Crippen molar-refractivity contribution < 1.29 is 13.2 Å². The lowest BCUT2D eigenvalue weighted by Gasteiger charge is -2.34. The molecular weight excluding hydrogens is 312 g/mol. The summed E-state index contributed by atoms with van der Waals surface area (Å²) in [6.45, 7) is 7.97. The summed E-state index contributed by atoms with van der Waals surface area (Å²) in [5, 5.41) is 2.92. The lowest BCUT2D eigenvalue weighted by molar-refractivity contribution is 0.146. The molecule has 1 heterocycles. The molecule has 1 aromatic rings. The molecule has 5 nitrogen and oxygen atoms in total. The molecule has 2 atom stereocenters. The van der Waals surface area contributed by atoms with Gasteiger partial charge in [-0.25, -0.2) is 13.2 Å². The van der Waals surface area contributed by atoms with Gasteiger partial charge >= 0.3 is 6.03 Å². The van der Waals surface area contributed by atoms with E-state index in [4.69, 9.17) is 0 Å². The predicted octanol–water partition coefficient (Wildman–Crippen LogP) is 2.67. The van der Waals surface area contributed by atoms with E-state index in [1.807, 2.05) is 4.90 Å². The smallest absolute Gasteiger partial charge is 0.317 e. The van der Waals surface area contributed by atoms with Gasteiger partial charge in [-0.3, -0.25) is 0 Å². The SMILES string of the molecule is CCS(=O)(=O)c1ccc(CNC(=O)N2C[C@H](C)C[C@@H](C)C2)cc1. The third-order valence-corrected chi connectivity index (χ3v) is 6.01. The van der Waals surface area contributed by atoms with E-state index < -0.39 is 9.84 Å². The van der Waals surface area contributed by atoms with Gasteiger partial charge < -0.3 is 10.2 Å². The number of hydrogen-bond donors (Lipinski definition) is 1. The summed E-state index contributed by atoms with van der Waals surface area (Å²) in [6.07, 6.45) is 1.16. The summed E-state index contributed by atoms with van der Waals surface area (Å²) in [7, 11) is -3.17. The number of likely N-dealkylation sites (tertiary alicyclic amines) is 1. The number of benzene rings is 1. The zero-order chi connectivity index (χ0) is 17.0. The number of rotatable bonds is 4. The minimum Gasteiger partial charge on any atom is -0.334 e. The lowest BCUT2D eigenvalue weighted by atomic mass is 9.92. The van der Waals surface area contributed by atoms with Crippen LogP contribution in [-0.4, -0.2) is 38.2 Å². The number of sulfone groups is 1. The molecule has 0 spiro atoms. The highest BCUT2D eigenvalue weighted by atomic mass is 32.2. The molecule has 128 valence electrons. The quantitative estimate of drug-likeness (QED) is 0.918. The van der Waals surface area contributed by atoms with E-state index in [1.54, 1.807) is 31.2 Å². The van der Waals surface area contributed by atoms with Crippen molar-refractivity contribution in [3.8, 4) is 0 Å². The van der Waals surface area contributed by atoms with Crippen molar-refractivity contribution in [3.63, 3.8) is 0 Å². The fraction of sp³-hybridized carbons (Fsp3) is 0.588. The number of hydrogen-bond acceptors (Lipinski definition) is 3. The summed E-state index contributed by atoms with van der Waals surface area (Å²) in [6, 6.07) is 6.67. The molecule has 2 amide bonds. The molecule has 0 bridgehead atoms. The summed E-state index contributed by atoms with van der Waals surface area (Å²) < 4.78 is 23.5.